The Hall–Kier alpha value is -2.88. The Kier molecular flexibility index (Phi) is 4.24. The molecular formula is C16H19N7. The van der Waals surface area contributed by atoms with Crippen molar-refractivity contribution in [3.63, 3.8) is 0 Å². The Morgan fingerprint density at radius 3 is 2.26 bits per heavy atom. The van der Waals surface area contributed by atoms with Crippen molar-refractivity contribution < 1.29 is 0 Å². The van der Waals surface area contributed by atoms with Crippen LogP contribution >= 0.6 is 0 Å². The van der Waals surface area contributed by atoms with Crippen LogP contribution in [-0.4, -0.2) is 55.2 Å². The Bertz CT molecular complexity index is 714. The van der Waals surface area contributed by atoms with Crippen molar-refractivity contribution in [2.45, 2.75) is 0 Å². The standard InChI is InChI=1S/C16H19N7/c1-21(2)16-18-7-6-15(20-16)23-10-8-22(9-11-23)14-5-3-4-13(12-17)19-14/h3-7H,8-11H2,1-2H3. The van der Waals surface area contributed by atoms with Gasteiger partial charge in [0, 0.05) is 46.5 Å². The molecule has 2 aromatic heterocycles. The summed E-state index contributed by atoms with van der Waals surface area (Å²) < 4.78 is 0. The maximum Gasteiger partial charge on any atom is 0.226 e. The highest BCUT2D eigenvalue weighted by Crippen LogP contribution is 2.19. The number of anilines is 3. The molecule has 0 spiro atoms. The number of pyridine rings is 1. The van der Waals surface area contributed by atoms with Crippen molar-refractivity contribution >= 4 is 17.6 Å². The highest BCUT2D eigenvalue weighted by molar-refractivity contribution is 5.47. The summed E-state index contributed by atoms with van der Waals surface area (Å²) in [5, 5.41) is 8.96. The average molecular weight is 309 g/mol. The fourth-order valence-corrected chi connectivity index (χ4v) is 2.56. The molecule has 7 heteroatoms. The van der Waals surface area contributed by atoms with Crippen LogP contribution in [0, 0.1) is 11.3 Å². The Balaban J connectivity index is 1.68. The van der Waals surface area contributed by atoms with E-state index in [0.717, 1.165) is 37.8 Å². The van der Waals surface area contributed by atoms with Crippen LogP contribution in [0.3, 0.4) is 0 Å². The lowest BCUT2D eigenvalue weighted by molar-refractivity contribution is 0.640. The zero-order chi connectivity index (χ0) is 16.2. The van der Waals surface area contributed by atoms with Crippen LogP contribution in [0.2, 0.25) is 0 Å². The number of aromatic nitrogens is 3. The molecule has 2 aromatic rings. The van der Waals surface area contributed by atoms with Crippen molar-refractivity contribution in [2.24, 2.45) is 0 Å². The van der Waals surface area contributed by atoms with Gasteiger partial charge in [-0.25, -0.2) is 9.97 Å². The summed E-state index contributed by atoms with van der Waals surface area (Å²) in [6, 6.07) is 9.58. The van der Waals surface area contributed by atoms with Crippen LogP contribution in [-0.2, 0) is 0 Å². The molecular weight excluding hydrogens is 290 g/mol. The smallest absolute Gasteiger partial charge is 0.226 e. The molecule has 7 nitrogen and oxygen atoms in total. The summed E-state index contributed by atoms with van der Waals surface area (Å²) in [6.45, 7) is 3.43. The number of nitrogens with zero attached hydrogens (tertiary/aromatic N) is 7. The SMILES string of the molecule is CN(C)c1nccc(N2CCN(c3cccc(C#N)n3)CC2)n1. The summed E-state index contributed by atoms with van der Waals surface area (Å²) in [5.74, 6) is 2.52. The first-order valence-electron chi connectivity index (χ1n) is 7.55. The van der Waals surface area contributed by atoms with E-state index in [1.807, 2.05) is 37.2 Å². The van der Waals surface area contributed by atoms with Gasteiger partial charge in [-0.3, -0.25) is 0 Å². The van der Waals surface area contributed by atoms with E-state index >= 15 is 0 Å². The van der Waals surface area contributed by atoms with Crippen LogP contribution in [0.25, 0.3) is 0 Å². The second-order valence-electron chi connectivity index (χ2n) is 5.58. The second kappa shape index (κ2) is 6.48. The van der Waals surface area contributed by atoms with Crippen LogP contribution in [0.4, 0.5) is 17.6 Å². The van der Waals surface area contributed by atoms with Gasteiger partial charge in [-0.1, -0.05) is 6.07 Å². The predicted molar refractivity (Wildman–Crippen MR) is 89.7 cm³/mol. The van der Waals surface area contributed by atoms with E-state index in [9.17, 15) is 0 Å². The molecule has 0 aliphatic carbocycles. The molecule has 0 unspecified atom stereocenters. The highest BCUT2D eigenvalue weighted by atomic mass is 15.3. The minimum absolute atomic E-state index is 0.455. The van der Waals surface area contributed by atoms with Gasteiger partial charge in [0.15, 0.2) is 0 Å². The third-order valence-corrected chi connectivity index (χ3v) is 3.80. The molecule has 1 aliphatic rings. The molecule has 1 fully saturated rings. The molecule has 3 rings (SSSR count). The van der Waals surface area contributed by atoms with Gasteiger partial charge in [0.05, 0.1) is 0 Å². The summed E-state index contributed by atoms with van der Waals surface area (Å²) in [6.07, 6.45) is 1.79. The highest BCUT2D eigenvalue weighted by Gasteiger charge is 2.19. The zero-order valence-corrected chi connectivity index (χ0v) is 13.3. The van der Waals surface area contributed by atoms with Gasteiger partial charge in [-0.05, 0) is 18.2 Å². The van der Waals surface area contributed by atoms with Gasteiger partial charge in [0.2, 0.25) is 5.95 Å². The minimum atomic E-state index is 0.455. The van der Waals surface area contributed by atoms with Gasteiger partial charge in [-0.15, -0.1) is 0 Å². The van der Waals surface area contributed by atoms with Gasteiger partial charge < -0.3 is 14.7 Å². The van der Waals surface area contributed by atoms with E-state index < -0.39 is 0 Å². The summed E-state index contributed by atoms with van der Waals surface area (Å²) in [4.78, 5) is 19.6. The lowest BCUT2D eigenvalue weighted by Gasteiger charge is -2.36. The van der Waals surface area contributed by atoms with E-state index in [1.54, 1.807) is 12.3 Å². The first-order valence-corrected chi connectivity index (χ1v) is 7.55. The van der Waals surface area contributed by atoms with Gasteiger partial charge in [-0.2, -0.15) is 10.2 Å². The average Bonchev–Trinajstić information content (AvgIpc) is 2.62. The molecule has 0 saturated carbocycles. The largest absolute Gasteiger partial charge is 0.353 e. The molecule has 0 amide bonds. The molecule has 23 heavy (non-hydrogen) atoms. The first kappa shape index (κ1) is 15.0. The first-order chi connectivity index (χ1) is 11.2. The van der Waals surface area contributed by atoms with Gasteiger partial charge >= 0.3 is 0 Å². The third kappa shape index (κ3) is 3.31. The normalized spacial score (nSPS) is 14.5. The molecule has 1 aliphatic heterocycles. The maximum absolute atomic E-state index is 8.96. The Labute approximate surface area is 135 Å². The van der Waals surface area contributed by atoms with Crippen LogP contribution < -0.4 is 14.7 Å². The monoisotopic (exact) mass is 309 g/mol. The number of rotatable bonds is 3. The van der Waals surface area contributed by atoms with Crippen LogP contribution in [0.15, 0.2) is 30.5 Å². The van der Waals surface area contributed by atoms with Crippen molar-refractivity contribution in [1.82, 2.24) is 15.0 Å². The van der Waals surface area contributed by atoms with E-state index in [-0.39, 0.29) is 0 Å². The minimum Gasteiger partial charge on any atom is -0.353 e. The lowest BCUT2D eigenvalue weighted by atomic mass is 10.3. The van der Waals surface area contributed by atoms with Crippen LogP contribution in [0.1, 0.15) is 5.69 Å². The molecule has 0 atom stereocenters. The molecule has 0 radical (unpaired) electrons. The maximum atomic E-state index is 8.96. The lowest BCUT2D eigenvalue weighted by Crippen LogP contribution is -2.47. The topological polar surface area (TPSA) is 72.2 Å². The number of hydrogen-bond donors (Lipinski definition) is 0. The zero-order valence-electron chi connectivity index (χ0n) is 13.3. The van der Waals surface area contributed by atoms with Crippen molar-refractivity contribution in [3.05, 3.63) is 36.2 Å². The summed E-state index contributed by atoms with van der Waals surface area (Å²) in [7, 11) is 3.87. The van der Waals surface area contributed by atoms with E-state index in [4.69, 9.17) is 5.26 Å². The van der Waals surface area contributed by atoms with Crippen LogP contribution in [0.5, 0.6) is 0 Å². The fourth-order valence-electron chi connectivity index (χ4n) is 2.56. The molecule has 1 saturated heterocycles. The van der Waals surface area contributed by atoms with E-state index in [0.29, 0.717) is 11.6 Å². The van der Waals surface area contributed by atoms with Gasteiger partial charge in [0.1, 0.15) is 23.4 Å². The fraction of sp³-hybridized carbons (Fsp3) is 0.375. The number of piperazine rings is 1. The second-order valence-corrected chi connectivity index (χ2v) is 5.58. The predicted octanol–water partition coefficient (Wildman–Crippen LogP) is 1.14. The summed E-state index contributed by atoms with van der Waals surface area (Å²) >= 11 is 0. The Morgan fingerprint density at radius 1 is 1.00 bits per heavy atom. The quantitative estimate of drug-likeness (QED) is 0.841. The molecule has 3 heterocycles. The Morgan fingerprint density at radius 2 is 1.65 bits per heavy atom. The number of nitriles is 1. The molecule has 118 valence electrons. The van der Waals surface area contributed by atoms with Gasteiger partial charge in [0.25, 0.3) is 0 Å². The molecule has 0 bridgehead atoms. The molecule has 0 N–H and O–H groups in total. The van der Waals surface area contributed by atoms with E-state index in [1.165, 1.54) is 0 Å². The van der Waals surface area contributed by atoms with E-state index in [2.05, 4.69) is 30.8 Å². The molecule has 0 aromatic carbocycles. The van der Waals surface area contributed by atoms with Crippen molar-refractivity contribution in [3.8, 4) is 6.07 Å². The third-order valence-electron chi connectivity index (χ3n) is 3.80. The van der Waals surface area contributed by atoms with Crippen molar-refractivity contribution in [1.29, 1.82) is 5.26 Å². The van der Waals surface area contributed by atoms with Crippen molar-refractivity contribution in [2.75, 3.05) is 55.0 Å². The number of hydrogen-bond acceptors (Lipinski definition) is 7. The summed E-state index contributed by atoms with van der Waals surface area (Å²) in [5.41, 5.74) is 0.455.